The Morgan fingerprint density at radius 2 is 1.93 bits per heavy atom. The van der Waals surface area contributed by atoms with E-state index in [-0.39, 0.29) is 0 Å². The van der Waals surface area contributed by atoms with Crippen LogP contribution in [0, 0.1) is 0 Å². The molecule has 0 aromatic carbocycles. The molecule has 82 valence electrons. The third-order valence-corrected chi connectivity index (χ3v) is 5.16. The lowest BCUT2D eigenvalue weighted by atomic mass is 9.94. The first-order valence-corrected chi connectivity index (χ1v) is 7.07. The monoisotopic (exact) mass is 221 g/mol. The number of rotatable bonds is 1. The molecule has 1 aromatic heterocycles. The molecule has 1 aromatic rings. The number of fused-ring (bicyclic) bond motifs is 1. The van der Waals surface area contributed by atoms with E-state index < -0.39 is 0 Å². The van der Waals surface area contributed by atoms with Gasteiger partial charge in [0.2, 0.25) is 0 Å². The predicted molar refractivity (Wildman–Crippen MR) is 65.8 cm³/mol. The fourth-order valence-electron chi connectivity index (χ4n) is 2.82. The van der Waals surface area contributed by atoms with Gasteiger partial charge in [-0.25, -0.2) is 0 Å². The van der Waals surface area contributed by atoms with Gasteiger partial charge in [0.1, 0.15) is 0 Å². The molecule has 0 amide bonds. The molecule has 1 fully saturated rings. The first-order valence-electron chi connectivity index (χ1n) is 6.25. The van der Waals surface area contributed by atoms with Crippen LogP contribution in [0.5, 0.6) is 0 Å². The summed E-state index contributed by atoms with van der Waals surface area (Å²) in [5.74, 6) is 0.863. The minimum atomic E-state index is 0.863. The van der Waals surface area contributed by atoms with Crippen LogP contribution < -0.4 is 5.32 Å². The highest BCUT2D eigenvalue weighted by Crippen LogP contribution is 2.36. The molecule has 0 unspecified atom stereocenters. The molecule has 2 heterocycles. The van der Waals surface area contributed by atoms with Crippen molar-refractivity contribution in [1.29, 1.82) is 0 Å². The molecule has 2 heteroatoms. The summed E-state index contributed by atoms with van der Waals surface area (Å²) < 4.78 is 0. The molecule has 1 aliphatic carbocycles. The summed E-state index contributed by atoms with van der Waals surface area (Å²) in [7, 11) is 0. The van der Waals surface area contributed by atoms with E-state index in [0.717, 1.165) is 5.92 Å². The number of thiophene rings is 1. The molecule has 1 nitrogen and oxygen atoms in total. The standard InChI is InChI=1S/C13H19NS/c1-2-4-12-11(3-1)9-13(15-12)10-5-7-14-8-6-10/h9-10,14H,1-8H2. The van der Waals surface area contributed by atoms with Gasteiger partial charge in [-0.3, -0.25) is 0 Å². The molecule has 1 saturated heterocycles. The quantitative estimate of drug-likeness (QED) is 0.768. The van der Waals surface area contributed by atoms with Crippen molar-refractivity contribution in [1.82, 2.24) is 5.32 Å². The van der Waals surface area contributed by atoms with Crippen LogP contribution in [0.3, 0.4) is 0 Å². The Morgan fingerprint density at radius 3 is 2.73 bits per heavy atom. The number of piperidine rings is 1. The fraction of sp³-hybridized carbons (Fsp3) is 0.692. The molecule has 3 rings (SSSR count). The van der Waals surface area contributed by atoms with Gasteiger partial charge in [-0.2, -0.15) is 0 Å². The molecule has 0 saturated carbocycles. The molecule has 0 bridgehead atoms. The van der Waals surface area contributed by atoms with Gasteiger partial charge in [-0.05, 0) is 69.2 Å². The van der Waals surface area contributed by atoms with Gasteiger partial charge in [-0.15, -0.1) is 11.3 Å². The lowest BCUT2D eigenvalue weighted by molar-refractivity contribution is 0.465. The smallest absolute Gasteiger partial charge is 0.00829 e. The maximum absolute atomic E-state index is 3.45. The van der Waals surface area contributed by atoms with Crippen LogP contribution >= 0.6 is 11.3 Å². The van der Waals surface area contributed by atoms with Crippen molar-refractivity contribution in [3.63, 3.8) is 0 Å². The number of hydrogen-bond donors (Lipinski definition) is 1. The average Bonchev–Trinajstić information content (AvgIpc) is 2.74. The molecular weight excluding hydrogens is 202 g/mol. The second-order valence-corrected chi connectivity index (χ2v) is 6.00. The van der Waals surface area contributed by atoms with Gasteiger partial charge >= 0.3 is 0 Å². The van der Waals surface area contributed by atoms with Crippen molar-refractivity contribution in [2.45, 2.75) is 44.4 Å². The Morgan fingerprint density at radius 1 is 1.13 bits per heavy atom. The van der Waals surface area contributed by atoms with Crippen molar-refractivity contribution >= 4 is 11.3 Å². The highest BCUT2D eigenvalue weighted by Gasteiger charge is 2.20. The number of nitrogens with one attached hydrogen (secondary N) is 1. The van der Waals surface area contributed by atoms with Gasteiger partial charge in [0, 0.05) is 9.75 Å². The summed E-state index contributed by atoms with van der Waals surface area (Å²) in [4.78, 5) is 3.39. The van der Waals surface area contributed by atoms with Crippen LogP contribution in [0.4, 0.5) is 0 Å². The summed E-state index contributed by atoms with van der Waals surface area (Å²) in [5, 5.41) is 3.45. The van der Waals surface area contributed by atoms with Crippen molar-refractivity contribution < 1.29 is 0 Å². The third kappa shape index (κ3) is 1.98. The molecule has 2 aliphatic rings. The second-order valence-electron chi connectivity index (χ2n) is 4.83. The van der Waals surface area contributed by atoms with Crippen LogP contribution in [0.2, 0.25) is 0 Å². The average molecular weight is 221 g/mol. The van der Waals surface area contributed by atoms with E-state index in [4.69, 9.17) is 0 Å². The highest BCUT2D eigenvalue weighted by atomic mass is 32.1. The summed E-state index contributed by atoms with van der Waals surface area (Å²) >= 11 is 2.11. The van der Waals surface area contributed by atoms with Crippen LogP contribution in [0.1, 0.15) is 46.9 Å². The molecule has 0 atom stereocenters. The third-order valence-electron chi connectivity index (χ3n) is 3.76. The van der Waals surface area contributed by atoms with Crippen molar-refractivity contribution in [2.75, 3.05) is 13.1 Å². The largest absolute Gasteiger partial charge is 0.317 e. The zero-order valence-corrected chi connectivity index (χ0v) is 10.0. The zero-order valence-electron chi connectivity index (χ0n) is 9.22. The molecule has 1 N–H and O–H groups in total. The first-order chi connectivity index (χ1) is 7.43. The van der Waals surface area contributed by atoms with E-state index in [2.05, 4.69) is 22.7 Å². The van der Waals surface area contributed by atoms with Crippen molar-refractivity contribution in [3.8, 4) is 0 Å². The van der Waals surface area contributed by atoms with Crippen molar-refractivity contribution in [3.05, 3.63) is 21.4 Å². The maximum atomic E-state index is 3.45. The zero-order chi connectivity index (χ0) is 10.1. The molecule has 15 heavy (non-hydrogen) atoms. The summed E-state index contributed by atoms with van der Waals surface area (Å²) in [5.41, 5.74) is 1.68. The first kappa shape index (κ1) is 9.86. The van der Waals surface area contributed by atoms with E-state index in [1.54, 1.807) is 15.3 Å². The minimum Gasteiger partial charge on any atom is -0.317 e. The summed E-state index contributed by atoms with van der Waals surface area (Å²) in [6.07, 6.45) is 8.22. The van der Waals surface area contributed by atoms with Crippen LogP contribution in [0.15, 0.2) is 6.07 Å². The van der Waals surface area contributed by atoms with E-state index in [1.165, 1.54) is 51.6 Å². The van der Waals surface area contributed by atoms with Crippen LogP contribution in [-0.4, -0.2) is 13.1 Å². The Labute approximate surface area is 95.9 Å². The van der Waals surface area contributed by atoms with Crippen LogP contribution in [-0.2, 0) is 12.8 Å². The Hall–Kier alpha value is -0.340. The molecule has 0 spiro atoms. The molecular formula is C13H19NS. The topological polar surface area (TPSA) is 12.0 Å². The summed E-state index contributed by atoms with van der Waals surface area (Å²) in [6, 6.07) is 2.52. The van der Waals surface area contributed by atoms with E-state index in [9.17, 15) is 0 Å². The SMILES string of the molecule is c1c(C2CCNCC2)sc2c1CCCC2. The normalized spacial score (nSPS) is 22.7. The Kier molecular flexibility index (Phi) is 2.80. The lowest BCUT2D eigenvalue weighted by Crippen LogP contribution is -2.26. The highest BCUT2D eigenvalue weighted by molar-refractivity contribution is 7.12. The maximum Gasteiger partial charge on any atom is 0.00829 e. The van der Waals surface area contributed by atoms with E-state index in [1.807, 2.05) is 0 Å². The van der Waals surface area contributed by atoms with Crippen molar-refractivity contribution in [2.24, 2.45) is 0 Å². The predicted octanol–water partition coefficient (Wildman–Crippen LogP) is 3.09. The van der Waals surface area contributed by atoms with Gasteiger partial charge in [0.15, 0.2) is 0 Å². The minimum absolute atomic E-state index is 0.863. The summed E-state index contributed by atoms with van der Waals surface area (Å²) in [6.45, 7) is 2.43. The Bertz CT molecular complexity index is 313. The van der Waals surface area contributed by atoms with Gasteiger partial charge in [0.25, 0.3) is 0 Å². The van der Waals surface area contributed by atoms with Crippen LogP contribution in [0.25, 0.3) is 0 Å². The van der Waals surface area contributed by atoms with E-state index >= 15 is 0 Å². The number of hydrogen-bond acceptors (Lipinski definition) is 2. The van der Waals surface area contributed by atoms with E-state index in [0.29, 0.717) is 0 Å². The molecule has 0 radical (unpaired) electrons. The fourth-order valence-corrected chi connectivity index (χ4v) is 4.25. The Balaban J connectivity index is 1.82. The van der Waals surface area contributed by atoms with Gasteiger partial charge in [-0.1, -0.05) is 0 Å². The number of aryl methyl sites for hydroxylation is 2. The second kappa shape index (κ2) is 4.26. The van der Waals surface area contributed by atoms with Gasteiger partial charge < -0.3 is 5.32 Å². The molecule has 1 aliphatic heterocycles. The lowest BCUT2D eigenvalue weighted by Gasteiger charge is -2.21. The van der Waals surface area contributed by atoms with Gasteiger partial charge in [0.05, 0.1) is 0 Å².